The molecule has 1 aromatic rings. The van der Waals surface area contributed by atoms with Crippen LogP contribution in [-0.4, -0.2) is 43.7 Å². The minimum atomic E-state index is -3.57. The number of ether oxygens (including phenoxy) is 1. The van der Waals surface area contributed by atoms with E-state index in [-0.39, 0.29) is 24.2 Å². The van der Waals surface area contributed by atoms with Crippen molar-refractivity contribution in [2.45, 2.75) is 37.9 Å². The maximum absolute atomic E-state index is 12.5. The Morgan fingerprint density at radius 2 is 2.17 bits per heavy atom. The highest BCUT2D eigenvalue weighted by Gasteiger charge is 2.43. The van der Waals surface area contributed by atoms with Crippen molar-refractivity contribution in [3.05, 3.63) is 18.3 Å². The number of nitrogens with one attached hydrogen (secondary N) is 1. The molecule has 1 saturated carbocycles. The Morgan fingerprint density at radius 1 is 1.50 bits per heavy atom. The number of hydrogen-bond acceptors (Lipinski definition) is 6. The average molecular weight is 356 g/mol. The number of hydrogen-bond donors (Lipinski definition) is 1. The lowest BCUT2D eigenvalue weighted by molar-refractivity contribution is -0.118. The third-order valence-electron chi connectivity index (χ3n) is 4.43. The van der Waals surface area contributed by atoms with Gasteiger partial charge in [-0.1, -0.05) is 18.2 Å². The predicted molar refractivity (Wildman–Crippen MR) is 91.2 cm³/mol. The second-order valence-corrected chi connectivity index (χ2v) is 9.24. The summed E-state index contributed by atoms with van der Waals surface area (Å²) >= 11 is 0. The first-order chi connectivity index (χ1) is 11.2. The summed E-state index contributed by atoms with van der Waals surface area (Å²) in [5.74, 6) is -0.350. The number of nitrogens with zero attached hydrogens (tertiary/aromatic N) is 1. The summed E-state index contributed by atoms with van der Waals surface area (Å²) in [6.45, 7) is 6.89. The van der Waals surface area contributed by atoms with Gasteiger partial charge in [-0.15, -0.1) is 0 Å². The monoisotopic (exact) mass is 356 g/mol. The van der Waals surface area contributed by atoms with Gasteiger partial charge in [-0.3, -0.25) is 10.1 Å². The van der Waals surface area contributed by atoms with Crippen LogP contribution in [0.4, 0.5) is 5.88 Å². The Hall–Kier alpha value is -1.67. The number of sulfone groups is 1. The van der Waals surface area contributed by atoms with Crippen molar-refractivity contribution in [1.29, 1.82) is 0 Å². The number of aromatic nitrogens is 1. The standard InChI is InChI=1S/C16H24N2O5S/c1-11(9-22-4)13-8-14(23-18-13)17-15(19)16(2,3)24(20,21)10-12-6-5-7-12/h8,12H,1,5-7,9-10H2,2-4H3,(H,17,19). The van der Waals surface area contributed by atoms with Crippen LogP contribution in [0.3, 0.4) is 0 Å². The van der Waals surface area contributed by atoms with Crippen molar-refractivity contribution >= 4 is 27.2 Å². The molecule has 1 amide bonds. The predicted octanol–water partition coefficient (Wildman–Crippen LogP) is 2.27. The molecule has 0 atom stereocenters. The zero-order valence-electron chi connectivity index (χ0n) is 14.3. The number of carbonyl (C=O) groups is 1. The SMILES string of the molecule is C=C(COC)c1cc(NC(=O)C(C)(C)S(=O)(=O)CC2CCC2)on1. The number of anilines is 1. The summed E-state index contributed by atoms with van der Waals surface area (Å²) in [5.41, 5.74) is 1.04. The second-order valence-electron chi connectivity index (χ2n) is 6.66. The van der Waals surface area contributed by atoms with Gasteiger partial charge in [0.05, 0.1) is 12.4 Å². The molecular weight excluding hydrogens is 332 g/mol. The first-order valence-corrected chi connectivity index (χ1v) is 9.50. The highest BCUT2D eigenvalue weighted by atomic mass is 32.2. The van der Waals surface area contributed by atoms with Crippen LogP contribution >= 0.6 is 0 Å². The summed E-state index contributed by atoms with van der Waals surface area (Å²) in [6, 6.07) is 1.49. The molecule has 2 rings (SSSR count). The summed E-state index contributed by atoms with van der Waals surface area (Å²) in [5, 5.41) is 6.27. The van der Waals surface area contributed by atoms with Gasteiger partial charge in [0.25, 0.3) is 0 Å². The van der Waals surface area contributed by atoms with Crippen LogP contribution in [0.1, 0.15) is 38.8 Å². The van der Waals surface area contributed by atoms with Crippen LogP contribution in [0, 0.1) is 5.92 Å². The normalized spacial score (nSPS) is 15.8. The van der Waals surface area contributed by atoms with E-state index in [0.717, 1.165) is 19.3 Å². The quantitative estimate of drug-likeness (QED) is 0.767. The van der Waals surface area contributed by atoms with E-state index in [1.54, 1.807) is 0 Å². The van der Waals surface area contributed by atoms with Gasteiger partial charge in [-0.25, -0.2) is 8.42 Å². The number of methoxy groups -OCH3 is 1. The molecule has 1 N–H and O–H groups in total. The van der Waals surface area contributed by atoms with Gasteiger partial charge in [-0.2, -0.15) is 0 Å². The molecule has 0 spiro atoms. The molecule has 0 bridgehead atoms. The van der Waals surface area contributed by atoms with Gasteiger partial charge in [-0.05, 0) is 38.2 Å². The smallest absolute Gasteiger partial charge is 0.247 e. The number of carbonyl (C=O) groups excluding carboxylic acids is 1. The third kappa shape index (κ3) is 3.87. The van der Waals surface area contributed by atoms with Crippen LogP contribution in [0.2, 0.25) is 0 Å². The summed E-state index contributed by atoms with van der Waals surface area (Å²) in [6.07, 6.45) is 2.87. The van der Waals surface area contributed by atoms with E-state index in [4.69, 9.17) is 9.26 Å². The van der Waals surface area contributed by atoms with Crippen LogP contribution in [0.25, 0.3) is 5.57 Å². The minimum Gasteiger partial charge on any atom is -0.380 e. The van der Waals surface area contributed by atoms with Crippen molar-refractivity contribution in [1.82, 2.24) is 5.16 Å². The van der Waals surface area contributed by atoms with Gasteiger partial charge in [0.2, 0.25) is 11.8 Å². The molecule has 1 aliphatic carbocycles. The fourth-order valence-electron chi connectivity index (χ4n) is 2.33. The lowest BCUT2D eigenvalue weighted by atomic mass is 9.87. The third-order valence-corrected chi connectivity index (χ3v) is 7.08. The molecule has 1 aromatic heterocycles. The highest BCUT2D eigenvalue weighted by Crippen LogP contribution is 2.31. The summed E-state index contributed by atoms with van der Waals surface area (Å²) in [4.78, 5) is 12.4. The fourth-order valence-corrected chi connectivity index (χ4v) is 4.03. The average Bonchev–Trinajstić information content (AvgIpc) is 2.91. The first kappa shape index (κ1) is 18.7. The van der Waals surface area contributed by atoms with Crippen molar-refractivity contribution in [3.8, 4) is 0 Å². The Labute approximate surface area is 142 Å². The summed E-state index contributed by atoms with van der Waals surface area (Å²) < 4.78 is 33.5. The topological polar surface area (TPSA) is 98.5 Å². The molecule has 1 fully saturated rings. The lowest BCUT2D eigenvalue weighted by Crippen LogP contribution is -2.47. The van der Waals surface area contributed by atoms with Gasteiger partial charge in [0.1, 0.15) is 10.4 Å². The number of rotatable bonds is 8. The van der Waals surface area contributed by atoms with E-state index in [9.17, 15) is 13.2 Å². The van der Waals surface area contributed by atoms with E-state index in [0.29, 0.717) is 11.3 Å². The van der Waals surface area contributed by atoms with E-state index in [1.165, 1.54) is 27.0 Å². The molecule has 0 unspecified atom stereocenters. The Bertz CT molecular complexity index is 717. The number of amides is 1. The Balaban J connectivity index is 2.06. The van der Waals surface area contributed by atoms with Crippen molar-refractivity contribution in [3.63, 3.8) is 0 Å². The van der Waals surface area contributed by atoms with Crippen LogP contribution in [0.5, 0.6) is 0 Å². The Kier molecular flexibility index (Phi) is 5.49. The lowest BCUT2D eigenvalue weighted by Gasteiger charge is -2.30. The van der Waals surface area contributed by atoms with Crippen LogP contribution in [0.15, 0.2) is 17.2 Å². The van der Waals surface area contributed by atoms with Crippen LogP contribution < -0.4 is 5.32 Å². The van der Waals surface area contributed by atoms with Gasteiger partial charge in [0, 0.05) is 13.2 Å². The fraction of sp³-hybridized carbons (Fsp3) is 0.625. The zero-order valence-corrected chi connectivity index (χ0v) is 15.1. The van der Waals surface area contributed by atoms with E-state index < -0.39 is 20.5 Å². The molecule has 7 nitrogen and oxygen atoms in total. The van der Waals surface area contributed by atoms with E-state index in [2.05, 4.69) is 17.1 Å². The molecule has 0 saturated heterocycles. The molecule has 0 aromatic carbocycles. The molecular formula is C16H24N2O5S. The molecule has 8 heteroatoms. The maximum atomic E-state index is 12.5. The van der Waals surface area contributed by atoms with E-state index >= 15 is 0 Å². The van der Waals surface area contributed by atoms with E-state index in [1.807, 2.05) is 0 Å². The van der Waals surface area contributed by atoms with Gasteiger partial charge < -0.3 is 9.26 Å². The largest absolute Gasteiger partial charge is 0.380 e. The molecule has 0 aliphatic heterocycles. The molecule has 134 valence electrons. The van der Waals surface area contributed by atoms with Crippen molar-refractivity contribution in [2.75, 3.05) is 24.8 Å². The van der Waals surface area contributed by atoms with Gasteiger partial charge >= 0.3 is 0 Å². The van der Waals surface area contributed by atoms with Crippen molar-refractivity contribution in [2.24, 2.45) is 5.92 Å². The Morgan fingerprint density at radius 3 is 2.71 bits per heavy atom. The molecule has 1 aliphatic rings. The molecule has 1 heterocycles. The molecule has 0 radical (unpaired) electrons. The minimum absolute atomic E-state index is 0.0414. The highest BCUT2D eigenvalue weighted by molar-refractivity contribution is 7.93. The second kappa shape index (κ2) is 7.06. The van der Waals surface area contributed by atoms with Crippen molar-refractivity contribution < 1.29 is 22.5 Å². The summed E-state index contributed by atoms with van der Waals surface area (Å²) in [7, 11) is -2.04. The first-order valence-electron chi connectivity index (χ1n) is 7.85. The van der Waals surface area contributed by atoms with Crippen LogP contribution in [-0.2, 0) is 19.4 Å². The maximum Gasteiger partial charge on any atom is 0.247 e. The zero-order chi connectivity index (χ0) is 18.0. The molecule has 24 heavy (non-hydrogen) atoms. The van der Waals surface area contributed by atoms with Gasteiger partial charge in [0.15, 0.2) is 9.84 Å².